The Labute approximate surface area is 66.7 Å². The molecule has 0 bridgehead atoms. The van der Waals surface area contributed by atoms with Crippen molar-refractivity contribution in [3.63, 3.8) is 0 Å². The highest BCUT2D eigenvalue weighted by molar-refractivity contribution is 6.55. The Bertz CT molecular complexity index is 58.3. The molecular weight excluding hydrogens is 138 g/mol. The van der Waals surface area contributed by atoms with Crippen molar-refractivity contribution in [2.45, 2.75) is 51.6 Å². The van der Waals surface area contributed by atoms with Gasteiger partial charge < -0.3 is 5.40 Å². The fraction of sp³-hybridized carbons (Fsp3) is 1.00. The van der Waals surface area contributed by atoms with E-state index in [2.05, 4.69) is 13.8 Å². The van der Waals surface area contributed by atoms with Gasteiger partial charge in [-0.1, -0.05) is 39.5 Å². The average molecular weight is 158 g/mol. The molecule has 0 fully saturated rings. The summed E-state index contributed by atoms with van der Waals surface area (Å²) in [6, 6.07) is 2.64. The van der Waals surface area contributed by atoms with E-state index in [0.717, 1.165) is 0 Å². The van der Waals surface area contributed by atoms with Gasteiger partial charge >= 0.3 is 0 Å². The largest absolute Gasteiger partial charge is 0.352 e. The van der Waals surface area contributed by atoms with Crippen molar-refractivity contribution in [3.05, 3.63) is 0 Å². The van der Waals surface area contributed by atoms with Crippen molar-refractivity contribution in [2.75, 3.05) is 0 Å². The molecule has 0 aliphatic carbocycles. The number of rotatable bonds is 6. The summed E-state index contributed by atoms with van der Waals surface area (Å²) in [4.78, 5) is 0. The van der Waals surface area contributed by atoms with Crippen LogP contribution >= 0.6 is 0 Å². The van der Waals surface area contributed by atoms with Gasteiger partial charge in [-0.3, -0.25) is 0 Å². The van der Waals surface area contributed by atoms with Crippen LogP contribution in [0.3, 0.4) is 0 Å². The Morgan fingerprint density at radius 1 is 1.00 bits per heavy atom. The third-order valence-corrected chi connectivity index (χ3v) is 3.69. The summed E-state index contributed by atoms with van der Waals surface area (Å²) in [7, 11) is -0.415. The van der Waals surface area contributed by atoms with Crippen LogP contribution in [-0.2, 0) is 0 Å². The van der Waals surface area contributed by atoms with Gasteiger partial charge in [-0.25, -0.2) is 0 Å². The van der Waals surface area contributed by atoms with Crippen LogP contribution in [0, 0.1) is 0 Å². The molecule has 0 heterocycles. The highest BCUT2D eigenvalue weighted by Crippen LogP contribution is 2.04. The van der Waals surface area contributed by atoms with Crippen LogP contribution in [0.25, 0.3) is 0 Å². The molecule has 0 aromatic heterocycles. The zero-order valence-corrected chi connectivity index (χ0v) is 8.32. The fourth-order valence-electron chi connectivity index (χ4n) is 0.933. The summed E-state index contributed by atoms with van der Waals surface area (Å²) in [5.41, 5.74) is 0. The van der Waals surface area contributed by atoms with E-state index in [9.17, 15) is 0 Å². The molecule has 0 aliphatic heterocycles. The predicted molar refractivity (Wildman–Crippen MR) is 49.4 cm³/mol. The standard InChI is InChI=1S/C8H20NSi/c1-3-5-7-10(9)8-6-4-2/h3-9H2,1-2H3. The lowest BCUT2D eigenvalue weighted by Crippen LogP contribution is -2.24. The van der Waals surface area contributed by atoms with E-state index in [-0.39, 0.29) is 0 Å². The smallest absolute Gasteiger partial charge is 0.130 e. The summed E-state index contributed by atoms with van der Waals surface area (Å²) in [6.07, 6.45) is 5.29. The molecule has 0 aromatic rings. The SMILES string of the molecule is CCCC[Si](N)CCCC. The lowest BCUT2D eigenvalue weighted by Gasteiger charge is -2.05. The van der Waals surface area contributed by atoms with Gasteiger partial charge in [0.1, 0.15) is 8.96 Å². The first-order valence-corrected chi connectivity index (χ1v) is 6.40. The van der Waals surface area contributed by atoms with Crippen LogP contribution in [0.1, 0.15) is 39.5 Å². The van der Waals surface area contributed by atoms with Crippen molar-refractivity contribution in [3.8, 4) is 0 Å². The molecule has 0 spiro atoms. The van der Waals surface area contributed by atoms with E-state index < -0.39 is 8.96 Å². The topological polar surface area (TPSA) is 26.0 Å². The molecule has 0 rings (SSSR count). The molecule has 0 saturated heterocycles. The monoisotopic (exact) mass is 158 g/mol. The number of hydrogen-bond donors (Lipinski definition) is 1. The minimum absolute atomic E-state index is 0.415. The molecular formula is C8H20NSi. The molecule has 0 atom stereocenters. The number of nitrogens with two attached hydrogens (primary N) is 1. The molecule has 2 heteroatoms. The maximum absolute atomic E-state index is 5.95. The Kier molecular flexibility index (Phi) is 7.41. The van der Waals surface area contributed by atoms with E-state index in [4.69, 9.17) is 5.40 Å². The lowest BCUT2D eigenvalue weighted by molar-refractivity contribution is 0.839. The zero-order valence-electron chi connectivity index (χ0n) is 7.32. The Balaban J connectivity index is 3.00. The van der Waals surface area contributed by atoms with Crippen molar-refractivity contribution in [2.24, 2.45) is 5.40 Å². The summed E-state index contributed by atoms with van der Waals surface area (Å²) in [6.45, 7) is 4.46. The van der Waals surface area contributed by atoms with Crippen LogP contribution in [-0.4, -0.2) is 8.96 Å². The van der Waals surface area contributed by atoms with E-state index in [0.29, 0.717) is 0 Å². The van der Waals surface area contributed by atoms with Crippen LogP contribution in [0.5, 0.6) is 0 Å². The van der Waals surface area contributed by atoms with Crippen LogP contribution < -0.4 is 5.40 Å². The van der Waals surface area contributed by atoms with Gasteiger partial charge in [0.05, 0.1) is 0 Å². The maximum atomic E-state index is 5.95. The van der Waals surface area contributed by atoms with Gasteiger partial charge in [-0.2, -0.15) is 0 Å². The van der Waals surface area contributed by atoms with Crippen molar-refractivity contribution in [1.82, 2.24) is 0 Å². The summed E-state index contributed by atoms with van der Waals surface area (Å²) >= 11 is 0. The van der Waals surface area contributed by atoms with Crippen LogP contribution in [0.2, 0.25) is 12.1 Å². The Hall–Kier alpha value is 0.177. The molecule has 61 valence electrons. The van der Waals surface area contributed by atoms with Crippen molar-refractivity contribution < 1.29 is 0 Å². The molecule has 0 aromatic carbocycles. The highest BCUT2D eigenvalue weighted by atomic mass is 28.3. The minimum Gasteiger partial charge on any atom is -0.352 e. The first kappa shape index (κ1) is 10.2. The van der Waals surface area contributed by atoms with E-state index in [1.54, 1.807) is 0 Å². The average Bonchev–Trinajstić information content (AvgIpc) is 1.97. The Morgan fingerprint density at radius 3 is 1.70 bits per heavy atom. The van der Waals surface area contributed by atoms with Gasteiger partial charge in [-0.15, -0.1) is 0 Å². The van der Waals surface area contributed by atoms with E-state index >= 15 is 0 Å². The second-order valence-electron chi connectivity index (χ2n) is 2.87. The van der Waals surface area contributed by atoms with E-state index in [1.165, 1.54) is 37.8 Å². The maximum Gasteiger partial charge on any atom is 0.130 e. The highest BCUT2D eigenvalue weighted by Gasteiger charge is 2.02. The summed E-state index contributed by atoms with van der Waals surface area (Å²) in [5, 5.41) is 5.95. The van der Waals surface area contributed by atoms with Gasteiger partial charge in [0.15, 0.2) is 0 Å². The normalized spacial score (nSPS) is 10.8. The molecule has 0 saturated carbocycles. The summed E-state index contributed by atoms with van der Waals surface area (Å²) < 4.78 is 0. The van der Waals surface area contributed by atoms with Gasteiger partial charge in [-0.05, 0) is 12.1 Å². The molecule has 1 nitrogen and oxygen atoms in total. The second-order valence-corrected chi connectivity index (χ2v) is 5.18. The Morgan fingerprint density at radius 2 is 1.40 bits per heavy atom. The third kappa shape index (κ3) is 6.30. The summed E-state index contributed by atoms with van der Waals surface area (Å²) in [5.74, 6) is 0. The zero-order chi connectivity index (χ0) is 7.82. The predicted octanol–water partition coefficient (Wildman–Crippen LogP) is 2.54. The first-order chi connectivity index (χ1) is 4.81. The molecule has 0 unspecified atom stereocenters. The van der Waals surface area contributed by atoms with Gasteiger partial charge in [0.25, 0.3) is 0 Å². The van der Waals surface area contributed by atoms with Gasteiger partial charge in [0.2, 0.25) is 0 Å². The number of unbranched alkanes of at least 4 members (excludes halogenated alkanes) is 2. The lowest BCUT2D eigenvalue weighted by atomic mass is 10.4. The van der Waals surface area contributed by atoms with Crippen molar-refractivity contribution >= 4 is 8.96 Å². The quantitative estimate of drug-likeness (QED) is 0.591. The number of hydrogen-bond acceptors (Lipinski definition) is 1. The van der Waals surface area contributed by atoms with E-state index in [1.807, 2.05) is 0 Å². The third-order valence-electron chi connectivity index (χ3n) is 1.70. The molecule has 10 heavy (non-hydrogen) atoms. The fourth-order valence-corrected chi connectivity index (χ4v) is 2.80. The first-order valence-electron chi connectivity index (χ1n) is 4.41. The molecule has 1 radical (unpaired) electrons. The molecule has 0 aliphatic rings. The van der Waals surface area contributed by atoms with Crippen LogP contribution in [0.4, 0.5) is 0 Å². The van der Waals surface area contributed by atoms with Crippen molar-refractivity contribution in [1.29, 1.82) is 0 Å². The minimum atomic E-state index is -0.415. The molecule has 2 N–H and O–H groups in total. The van der Waals surface area contributed by atoms with Crippen LogP contribution in [0.15, 0.2) is 0 Å². The second kappa shape index (κ2) is 7.29. The van der Waals surface area contributed by atoms with Gasteiger partial charge in [0, 0.05) is 0 Å². The molecule has 0 amide bonds.